The lowest BCUT2D eigenvalue weighted by atomic mass is 10.1. The van der Waals surface area contributed by atoms with Crippen LogP contribution >= 0.6 is 11.6 Å². The Labute approximate surface area is 121 Å². The summed E-state index contributed by atoms with van der Waals surface area (Å²) in [4.78, 5) is 0. The van der Waals surface area contributed by atoms with Crippen molar-refractivity contribution in [3.8, 4) is 0 Å². The van der Waals surface area contributed by atoms with Gasteiger partial charge >= 0.3 is 0 Å². The highest BCUT2D eigenvalue weighted by Gasteiger charge is 2.18. The van der Waals surface area contributed by atoms with Gasteiger partial charge in [-0.25, -0.2) is 0 Å². The standard InChI is InChI=1S/C14H26ClN3O/c1-6-11-13(15)12(18(7-2)17-11)9-16-10-14(4,5)19-8-3/h16H,6-10H2,1-5H3. The lowest BCUT2D eigenvalue weighted by Gasteiger charge is -2.25. The molecule has 0 aliphatic carbocycles. The zero-order chi connectivity index (χ0) is 14.5. The third-order valence-corrected chi connectivity index (χ3v) is 3.51. The molecule has 0 aliphatic heterocycles. The Morgan fingerprint density at radius 3 is 2.53 bits per heavy atom. The maximum absolute atomic E-state index is 6.36. The molecule has 19 heavy (non-hydrogen) atoms. The van der Waals surface area contributed by atoms with E-state index in [1.54, 1.807) is 0 Å². The van der Waals surface area contributed by atoms with Crippen molar-refractivity contribution in [3.63, 3.8) is 0 Å². The van der Waals surface area contributed by atoms with Crippen LogP contribution < -0.4 is 5.32 Å². The Hall–Kier alpha value is -0.580. The first-order chi connectivity index (χ1) is 8.95. The van der Waals surface area contributed by atoms with Crippen LogP contribution in [0.1, 0.15) is 46.0 Å². The monoisotopic (exact) mass is 287 g/mol. The fourth-order valence-electron chi connectivity index (χ4n) is 2.11. The van der Waals surface area contributed by atoms with E-state index in [9.17, 15) is 0 Å². The fourth-order valence-corrected chi connectivity index (χ4v) is 2.45. The van der Waals surface area contributed by atoms with Crippen molar-refractivity contribution < 1.29 is 4.74 Å². The molecular weight excluding hydrogens is 262 g/mol. The highest BCUT2D eigenvalue weighted by Crippen LogP contribution is 2.21. The number of halogens is 1. The highest BCUT2D eigenvalue weighted by atomic mass is 35.5. The molecule has 0 radical (unpaired) electrons. The van der Waals surface area contributed by atoms with Gasteiger partial charge in [-0.3, -0.25) is 4.68 Å². The summed E-state index contributed by atoms with van der Waals surface area (Å²) in [6.07, 6.45) is 0.864. The molecule has 1 rings (SSSR count). The molecule has 0 atom stereocenters. The summed E-state index contributed by atoms with van der Waals surface area (Å²) in [5.74, 6) is 0. The predicted molar refractivity (Wildman–Crippen MR) is 79.7 cm³/mol. The molecule has 1 N–H and O–H groups in total. The summed E-state index contributed by atoms with van der Waals surface area (Å²) in [5.41, 5.74) is 1.88. The average molecular weight is 288 g/mol. The molecule has 0 fully saturated rings. The van der Waals surface area contributed by atoms with Crippen LogP contribution in [-0.4, -0.2) is 28.5 Å². The smallest absolute Gasteiger partial charge is 0.0863 e. The molecule has 0 saturated heterocycles. The van der Waals surface area contributed by atoms with E-state index in [1.807, 2.05) is 11.6 Å². The van der Waals surface area contributed by atoms with Crippen molar-refractivity contribution in [2.75, 3.05) is 13.2 Å². The fraction of sp³-hybridized carbons (Fsp3) is 0.786. The Morgan fingerprint density at radius 1 is 1.32 bits per heavy atom. The zero-order valence-corrected chi connectivity index (χ0v) is 13.5. The second-order valence-electron chi connectivity index (χ2n) is 5.17. The number of hydrogen-bond acceptors (Lipinski definition) is 3. The number of nitrogens with one attached hydrogen (secondary N) is 1. The lowest BCUT2D eigenvalue weighted by molar-refractivity contribution is -0.00906. The van der Waals surface area contributed by atoms with Crippen molar-refractivity contribution in [2.24, 2.45) is 0 Å². The summed E-state index contributed by atoms with van der Waals surface area (Å²) in [5, 5.41) is 8.72. The molecule has 0 bridgehead atoms. The Morgan fingerprint density at radius 2 is 2.00 bits per heavy atom. The van der Waals surface area contributed by atoms with Gasteiger partial charge in [0.25, 0.3) is 0 Å². The van der Waals surface area contributed by atoms with Crippen LogP contribution in [0.4, 0.5) is 0 Å². The minimum absolute atomic E-state index is 0.161. The van der Waals surface area contributed by atoms with Crippen molar-refractivity contribution in [1.29, 1.82) is 0 Å². The number of nitrogens with zero attached hydrogens (tertiary/aromatic N) is 2. The highest BCUT2D eigenvalue weighted by molar-refractivity contribution is 6.31. The molecule has 110 valence electrons. The van der Waals surface area contributed by atoms with Crippen molar-refractivity contribution in [3.05, 3.63) is 16.4 Å². The number of rotatable bonds is 8. The van der Waals surface area contributed by atoms with Gasteiger partial charge in [0, 0.05) is 26.2 Å². The quantitative estimate of drug-likeness (QED) is 0.799. The van der Waals surface area contributed by atoms with Crippen molar-refractivity contribution in [2.45, 2.75) is 59.7 Å². The molecular formula is C14H26ClN3O. The van der Waals surface area contributed by atoms with E-state index in [2.05, 4.69) is 38.1 Å². The largest absolute Gasteiger partial charge is 0.375 e. The molecule has 4 nitrogen and oxygen atoms in total. The molecule has 0 spiro atoms. The second-order valence-corrected chi connectivity index (χ2v) is 5.55. The van der Waals surface area contributed by atoms with E-state index in [0.29, 0.717) is 0 Å². The van der Waals surface area contributed by atoms with E-state index in [0.717, 1.165) is 49.1 Å². The Kier molecular flexibility index (Phi) is 6.30. The molecule has 1 heterocycles. The number of aryl methyl sites for hydroxylation is 2. The summed E-state index contributed by atoms with van der Waals surface area (Å²) in [6.45, 7) is 13.4. The minimum atomic E-state index is -0.161. The zero-order valence-electron chi connectivity index (χ0n) is 12.7. The van der Waals surface area contributed by atoms with E-state index in [4.69, 9.17) is 16.3 Å². The normalized spacial score (nSPS) is 12.1. The molecule has 0 unspecified atom stereocenters. The Bertz CT molecular complexity index is 402. The van der Waals surface area contributed by atoms with Gasteiger partial charge in [-0.05, 0) is 34.1 Å². The van der Waals surface area contributed by atoms with Gasteiger partial charge in [0.1, 0.15) is 0 Å². The first-order valence-electron chi connectivity index (χ1n) is 7.03. The van der Waals surface area contributed by atoms with E-state index in [-0.39, 0.29) is 5.60 Å². The van der Waals surface area contributed by atoms with Crippen LogP contribution in [0.25, 0.3) is 0 Å². The SMILES string of the molecule is CCOC(C)(C)CNCc1c(Cl)c(CC)nn1CC. The van der Waals surface area contributed by atoms with Gasteiger partial charge in [0.15, 0.2) is 0 Å². The van der Waals surface area contributed by atoms with Crippen molar-refractivity contribution >= 4 is 11.6 Å². The first-order valence-corrected chi connectivity index (χ1v) is 7.41. The van der Waals surface area contributed by atoms with Crippen LogP contribution in [0.3, 0.4) is 0 Å². The second kappa shape index (κ2) is 7.27. The topological polar surface area (TPSA) is 39.1 Å². The number of ether oxygens (including phenoxy) is 1. The molecule has 0 aromatic carbocycles. The van der Waals surface area contributed by atoms with Gasteiger partial charge in [0.05, 0.1) is 22.0 Å². The summed E-state index contributed by atoms with van der Waals surface area (Å²) in [7, 11) is 0. The number of hydrogen-bond donors (Lipinski definition) is 1. The number of aromatic nitrogens is 2. The third kappa shape index (κ3) is 4.48. The van der Waals surface area contributed by atoms with Crippen LogP contribution in [0, 0.1) is 0 Å². The molecule has 0 saturated carbocycles. The lowest BCUT2D eigenvalue weighted by Crippen LogP contribution is -2.37. The van der Waals surface area contributed by atoms with Crippen LogP contribution in [0.15, 0.2) is 0 Å². The third-order valence-electron chi connectivity index (χ3n) is 3.07. The van der Waals surface area contributed by atoms with Crippen LogP contribution in [-0.2, 0) is 24.2 Å². The van der Waals surface area contributed by atoms with Crippen molar-refractivity contribution in [1.82, 2.24) is 15.1 Å². The predicted octanol–water partition coefficient (Wildman–Crippen LogP) is 3.02. The summed E-state index contributed by atoms with van der Waals surface area (Å²) < 4.78 is 7.64. The van der Waals surface area contributed by atoms with E-state index < -0.39 is 0 Å². The van der Waals surface area contributed by atoms with E-state index >= 15 is 0 Å². The van der Waals surface area contributed by atoms with E-state index in [1.165, 1.54) is 0 Å². The maximum atomic E-state index is 6.36. The van der Waals surface area contributed by atoms with Gasteiger partial charge in [-0.15, -0.1) is 0 Å². The van der Waals surface area contributed by atoms with Crippen LogP contribution in [0.2, 0.25) is 5.02 Å². The van der Waals surface area contributed by atoms with Gasteiger partial charge in [-0.1, -0.05) is 18.5 Å². The summed E-state index contributed by atoms with van der Waals surface area (Å²) in [6, 6.07) is 0. The Balaban J connectivity index is 2.65. The van der Waals surface area contributed by atoms with Gasteiger partial charge in [0.2, 0.25) is 0 Å². The van der Waals surface area contributed by atoms with Crippen LogP contribution in [0.5, 0.6) is 0 Å². The molecule has 0 amide bonds. The maximum Gasteiger partial charge on any atom is 0.0863 e. The molecule has 0 aliphatic rings. The minimum Gasteiger partial charge on any atom is -0.375 e. The first kappa shape index (κ1) is 16.5. The molecule has 1 aromatic heterocycles. The molecule has 1 aromatic rings. The molecule has 5 heteroatoms. The van der Waals surface area contributed by atoms with Gasteiger partial charge < -0.3 is 10.1 Å². The summed E-state index contributed by atoms with van der Waals surface area (Å²) >= 11 is 6.36. The average Bonchev–Trinajstić information content (AvgIpc) is 2.66. The van der Waals surface area contributed by atoms with Gasteiger partial charge in [-0.2, -0.15) is 5.10 Å².